The van der Waals surface area contributed by atoms with Gasteiger partial charge in [-0.2, -0.15) is 0 Å². The minimum absolute atomic E-state index is 0.0911. The fourth-order valence-electron chi connectivity index (χ4n) is 2.45. The molecule has 3 aromatic rings. The molecule has 3 rings (SSSR count). The zero-order valence-corrected chi connectivity index (χ0v) is 14.3. The number of ether oxygens (including phenoxy) is 1. The van der Waals surface area contributed by atoms with Gasteiger partial charge in [-0.05, 0) is 62.4 Å². The van der Waals surface area contributed by atoms with Crippen molar-refractivity contribution in [2.75, 3.05) is 0 Å². The molecule has 0 aromatic heterocycles. The predicted molar refractivity (Wildman–Crippen MR) is 97.3 cm³/mol. The standard InChI is InChI=1S/C21H21OS/c1-17(2)22-18-13-15-21(16-14-18)23(19-9-5-3-6-10-19)20-11-7-4-8-12-20/h3-17H,1-2H3/q+1. The Kier molecular flexibility index (Phi) is 5.04. The summed E-state index contributed by atoms with van der Waals surface area (Å²) in [5.41, 5.74) is 0. The average molecular weight is 321 g/mol. The van der Waals surface area contributed by atoms with Gasteiger partial charge < -0.3 is 4.74 Å². The molecule has 0 radical (unpaired) electrons. The van der Waals surface area contributed by atoms with E-state index in [4.69, 9.17) is 4.74 Å². The minimum Gasteiger partial charge on any atom is -0.491 e. The van der Waals surface area contributed by atoms with E-state index in [1.54, 1.807) is 0 Å². The lowest BCUT2D eigenvalue weighted by Gasteiger charge is -2.11. The molecule has 0 N–H and O–H groups in total. The van der Waals surface area contributed by atoms with Crippen LogP contribution in [0.3, 0.4) is 0 Å². The molecule has 0 heterocycles. The van der Waals surface area contributed by atoms with Crippen molar-refractivity contribution in [1.29, 1.82) is 0 Å². The second-order valence-electron chi connectivity index (χ2n) is 5.57. The second kappa shape index (κ2) is 7.38. The zero-order chi connectivity index (χ0) is 16.1. The van der Waals surface area contributed by atoms with Crippen LogP contribution in [-0.2, 0) is 10.9 Å². The predicted octanol–water partition coefficient (Wildman–Crippen LogP) is 5.57. The largest absolute Gasteiger partial charge is 0.491 e. The highest BCUT2D eigenvalue weighted by molar-refractivity contribution is 7.97. The van der Waals surface area contributed by atoms with Gasteiger partial charge in [-0.3, -0.25) is 0 Å². The van der Waals surface area contributed by atoms with Crippen LogP contribution >= 0.6 is 0 Å². The third kappa shape index (κ3) is 3.96. The van der Waals surface area contributed by atoms with Crippen LogP contribution in [0.1, 0.15) is 13.8 Å². The van der Waals surface area contributed by atoms with E-state index in [0.717, 1.165) is 5.75 Å². The van der Waals surface area contributed by atoms with E-state index in [2.05, 4.69) is 84.9 Å². The highest BCUT2D eigenvalue weighted by Gasteiger charge is 2.28. The first-order valence-electron chi connectivity index (χ1n) is 7.85. The molecule has 116 valence electrons. The van der Waals surface area contributed by atoms with Gasteiger partial charge in [0.25, 0.3) is 0 Å². The number of rotatable bonds is 5. The third-order valence-electron chi connectivity index (χ3n) is 3.39. The molecule has 0 amide bonds. The van der Waals surface area contributed by atoms with Crippen LogP contribution in [0.5, 0.6) is 5.75 Å². The highest BCUT2D eigenvalue weighted by Crippen LogP contribution is 2.31. The minimum atomic E-state index is -0.0911. The molecule has 0 aliphatic rings. The summed E-state index contributed by atoms with van der Waals surface area (Å²) in [4.78, 5) is 3.96. The molecule has 0 fully saturated rings. The van der Waals surface area contributed by atoms with Crippen LogP contribution in [-0.4, -0.2) is 6.10 Å². The van der Waals surface area contributed by atoms with Crippen LogP contribution in [0.2, 0.25) is 0 Å². The Hall–Kier alpha value is -2.19. The SMILES string of the molecule is CC(C)Oc1ccc([S+](c2ccccc2)c2ccccc2)cc1. The van der Waals surface area contributed by atoms with Gasteiger partial charge in [0.15, 0.2) is 14.7 Å². The van der Waals surface area contributed by atoms with E-state index in [0.29, 0.717) is 0 Å². The molecule has 0 unspecified atom stereocenters. The summed E-state index contributed by atoms with van der Waals surface area (Å²) >= 11 is 0. The van der Waals surface area contributed by atoms with Crippen molar-refractivity contribution in [1.82, 2.24) is 0 Å². The molecule has 23 heavy (non-hydrogen) atoms. The molecule has 0 atom stereocenters. The molecule has 0 saturated heterocycles. The first kappa shape index (κ1) is 15.7. The molecule has 0 saturated carbocycles. The highest BCUT2D eigenvalue weighted by atomic mass is 32.2. The van der Waals surface area contributed by atoms with Gasteiger partial charge >= 0.3 is 0 Å². The number of hydrogen-bond donors (Lipinski definition) is 0. The molecule has 2 heteroatoms. The Labute approximate surface area is 141 Å². The summed E-state index contributed by atoms with van der Waals surface area (Å²) in [6, 6.07) is 29.9. The van der Waals surface area contributed by atoms with Crippen LogP contribution in [0.15, 0.2) is 99.6 Å². The monoisotopic (exact) mass is 321 g/mol. The maximum absolute atomic E-state index is 5.76. The van der Waals surface area contributed by atoms with Crippen molar-refractivity contribution in [3.63, 3.8) is 0 Å². The van der Waals surface area contributed by atoms with Crippen LogP contribution in [0.25, 0.3) is 0 Å². The zero-order valence-electron chi connectivity index (χ0n) is 13.5. The van der Waals surface area contributed by atoms with Gasteiger partial charge in [0.1, 0.15) is 5.75 Å². The molecule has 3 aromatic carbocycles. The van der Waals surface area contributed by atoms with Gasteiger partial charge in [-0.1, -0.05) is 36.4 Å². The Morgan fingerprint density at radius 1 is 0.609 bits per heavy atom. The van der Waals surface area contributed by atoms with Crippen molar-refractivity contribution in [2.45, 2.75) is 34.6 Å². The summed E-state index contributed by atoms with van der Waals surface area (Å²) in [7, 11) is -0.0911. The number of benzene rings is 3. The number of hydrogen-bond acceptors (Lipinski definition) is 1. The summed E-state index contributed by atoms with van der Waals surface area (Å²) in [6.45, 7) is 4.10. The molecule has 0 aliphatic carbocycles. The van der Waals surface area contributed by atoms with E-state index >= 15 is 0 Å². The lowest BCUT2D eigenvalue weighted by molar-refractivity contribution is 0.242. The van der Waals surface area contributed by atoms with E-state index in [1.807, 2.05) is 13.8 Å². The van der Waals surface area contributed by atoms with Crippen molar-refractivity contribution < 1.29 is 4.74 Å². The van der Waals surface area contributed by atoms with E-state index in [1.165, 1.54) is 14.7 Å². The van der Waals surface area contributed by atoms with Crippen molar-refractivity contribution in [3.05, 3.63) is 84.9 Å². The molecule has 0 aliphatic heterocycles. The molecular formula is C21H21OS+. The maximum Gasteiger partial charge on any atom is 0.166 e. The molecular weight excluding hydrogens is 300 g/mol. The van der Waals surface area contributed by atoms with Gasteiger partial charge in [-0.25, -0.2) is 0 Å². The first-order valence-corrected chi connectivity index (χ1v) is 9.07. The van der Waals surface area contributed by atoms with Crippen LogP contribution < -0.4 is 4.74 Å². The fraction of sp³-hybridized carbons (Fsp3) is 0.143. The van der Waals surface area contributed by atoms with E-state index < -0.39 is 0 Å². The second-order valence-corrected chi connectivity index (χ2v) is 7.60. The van der Waals surface area contributed by atoms with Crippen molar-refractivity contribution >= 4 is 10.9 Å². The summed E-state index contributed by atoms with van der Waals surface area (Å²) < 4.78 is 5.76. The lowest BCUT2D eigenvalue weighted by atomic mass is 10.3. The summed E-state index contributed by atoms with van der Waals surface area (Å²) in [5.74, 6) is 0.924. The third-order valence-corrected chi connectivity index (χ3v) is 5.62. The fourth-order valence-corrected chi connectivity index (χ4v) is 4.53. The Balaban J connectivity index is 1.99. The van der Waals surface area contributed by atoms with Gasteiger partial charge in [0.2, 0.25) is 0 Å². The Bertz CT molecular complexity index is 681. The molecule has 1 nitrogen and oxygen atoms in total. The van der Waals surface area contributed by atoms with Gasteiger partial charge in [-0.15, -0.1) is 0 Å². The van der Waals surface area contributed by atoms with Gasteiger partial charge in [0.05, 0.1) is 17.0 Å². The van der Waals surface area contributed by atoms with E-state index in [9.17, 15) is 0 Å². The average Bonchev–Trinajstić information content (AvgIpc) is 2.58. The first-order chi connectivity index (χ1) is 11.2. The molecule has 0 bridgehead atoms. The normalized spacial score (nSPS) is 11.0. The van der Waals surface area contributed by atoms with E-state index in [-0.39, 0.29) is 17.0 Å². The lowest BCUT2D eigenvalue weighted by Crippen LogP contribution is -2.07. The summed E-state index contributed by atoms with van der Waals surface area (Å²) in [5, 5.41) is 0. The van der Waals surface area contributed by atoms with Crippen molar-refractivity contribution in [3.8, 4) is 5.75 Å². The van der Waals surface area contributed by atoms with Crippen molar-refractivity contribution in [2.24, 2.45) is 0 Å². The summed E-state index contributed by atoms with van der Waals surface area (Å²) in [6.07, 6.45) is 0.197. The Morgan fingerprint density at radius 2 is 1.04 bits per heavy atom. The van der Waals surface area contributed by atoms with Crippen LogP contribution in [0, 0.1) is 0 Å². The maximum atomic E-state index is 5.76. The quantitative estimate of drug-likeness (QED) is 0.558. The van der Waals surface area contributed by atoms with Gasteiger partial charge in [0, 0.05) is 0 Å². The van der Waals surface area contributed by atoms with Crippen LogP contribution in [0.4, 0.5) is 0 Å². The Morgan fingerprint density at radius 3 is 1.48 bits per heavy atom. The smallest absolute Gasteiger partial charge is 0.166 e. The topological polar surface area (TPSA) is 9.23 Å². The molecule has 0 spiro atoms.